The molecule has 5 heteroatoms. The molecule has 0 aliphatic rings. The van der Waals surface area contributed by atoms with E-state index in [0.717, 1.165) is 11.3 Å². The van der Waals surface area contributed by atoms with E-state index in [9.17, 15) is 13.6 Å². The molecule has 1 aromatic heterocycles. The minimum atomic E-state index is -0.322. The summed E-state index contributed by atoms with van der Waals surface area (Å²) in [5, 5.41) is 0. The lowest BCUT2D eigenvalue weighted by Gasteiger charge is -2.25. The second kappa shape index (κ2) is 9.31. The van der Waals surface area contributed by atoms with Gasteiger partial charge in [-0.05, 0) is 42.3 Å². The molecule has 146 valence electrons. The number of nitrogens with zero attached hydrogens (tertiary/aromatic N) is 1. The van der Waals surface area contributed by atoms with Gasteiger partial charge in [0.05, 0.1) is 6.26 Å². The van der Waals surface area contributed by atoms with Crippen LogP contribution >= 0.6 is 0 Å². The summed E-state index contributed by atoms with van der Waals surface area (Å²) in [6.45, 7) is 2.44. The van der Waals surface area contributed by atoms with Gasteiger partial charge in [0.2, 0.25) is 5.91 Å². The Morgan fingerprint density at radius 2 is 1.79 bits per heavy atom. The van der Waals surface area contributed by atoms with Crippen molar-refractivity contribution in [2.75, 3.05) is 6.54 Å². The molecule has 0 radical (unpaired) electrons. The molecule has 0 saturated heterocycles. The van der Waals surface area contributed by atoms with Crippen LogP contribution in [0.15, 0.2) is 71.3 Å². The van der Waals surface area contributed by atoms with Gasteiger partial charge in [0.1, 0.15) is 17.4 Å². The molecule has 1 atom stereocenters. The standard InChI is InChI=1S/C23H23F2NO2/c1-2-23(27)26(16-18-6-3-4-7-21(18)25)14-13-20(22-8-5-15-28-22)17-9-11-19(24)12-10-17/h3-12,15,20H,2,13-14,16H2,1H3. The lowest BCUT2D eigenvalue weighted by molar-refractivity contribution is -0.131. The van der Waals surface area contributed by atoms with Crippen LogP contribution in [-0.2, 0) is 11.3 Å². The quantitative estimate of drug-likeness (QED) is 0.513. The first kappa shape index (κ1) is 19.8. The van der Waals surface area contributed by atoms with Crippen molar-refractivity contribution in [2.45, 2.75) is 32.2 Å². The number of hydrogen-bond acceptors (Lipinski definition) is 2. The third-order valence-electron chi connectivity index (χ3n) is 4.82. The number of amides is 1. The second-order valence-corrected chi connectivity index (χ2v) is 6.67. The fourth-order valence-electron chi connectivity index (χ4n) is 3.29. The fraction of sp³-hybridized carbons (Fsp3) is 0.261. The first-order chi connectivity index (χ1) is 13.6. The fourth-order valence-corrected chi connectivity index (χ4v) is 3.29. The molecule has 0 fully saturated rings. The average Bonchev–Trinajstić information content (AvgIpc) is 3.24. The maximum absolute atomic E-state index is 14.1. The average molecular weight is 383 g/mol. The zero-order chi connectivity index (χ0) is 19.9. The predicted octanol–water partition coefficient (Wildman–Crippen LogP) is 5.52. The number of carbonyl (C=O) groups is 1. The van der Waals surface area contributed by atoms with Crippen molar-refractivity contribution in [1.29, 1.82) is 0 Å². The van der Waals surface area contributed by atoms with Crippen LogP contribution in [0.1, 0.15) is 42.6 Å². The number of carbonyl (C=O) groups excluding carboxylic acids is 1. The molecule has 1 amide bonds. The van der Waals surface area contributed by atoms with Gasteiger partial charge in [-0.2, -0.15) is 0 Å². The van der Waals surface area contributed by atoms with E-state index in [2.05, 4.69) is 0 Å². The number of furan rings is 1. The SMILES string of the molecule is CCC(=O)N(CCC(c1ccc(F)cc1)c1ccco1)Cc1ccccc1F. The van der Waals surface area contributed by atoms with Crippen molar-refractivity contribution in [3.63, 3.8) is 0 Å². The second-order valence-electron chi connectivity index (χ2n) is 6.67. The lowest BCUT2D eigenvalue weighted by Crippen LogP contribution is -2.32. The van der Waals surface area contributed by atoms with Crippen LogP contribution in [0.25, 0.3) is 0 Å². The molecule has 0 N–H and O–H groups in total. The highest BCUT2D eigenvalue weighted by molar-refractivity contribution is 5.75. The summed E-state index contributed by atoms with van der Waals surface area (Å²) >= 11 is 0. The van der Waals surface area contributed by atoms with Crippen molar-refractivity contribution in [3.05, 3.63) is 95.4 Å². The minimum absolute atomic E-state index is 0.0412. The molecule has 0 aliphatic heterocycles. The largest absolute Gasteiger partial charge is 0.469 e. The van der Waals surface area contributed by atoms with Crippen LogP contribution in [0.2, 0.25) is 0 Å². The van der Waals surface area contributed by atoms with E-state index >= 15 is 0 Å². The van der Waals surface area contributed by atoms with Crippen molar-refractivity contribution >= 4 is 5.91 Å². The first-order valence-electron chi connectivity index (χ1n) is 9.38. The van der Waals surface area contributed by atoms with Crippen molar-refractivity contribution in [2.24, 2.45) is 0 Å². The molecule has 1 unspecified atom stereocenters. The Hall–Kier alpha value is -2.95. The van der Waals surface area contributed by atoms with E-state index < -0.39 is 0 Å². The Balaban J connectivity index is 1.79. The van der Waals surface area contributed by atoms with Gasteiger partial charge in [-0.15, -0.1) is 0 Å². The molecule has 3 nitrogen and oxygen atoms in total. The van der Waals surface area contributed by atoms with Gasteiger partial charge in [-0.25, -0.2) is 8.78 Å². The van der Waals surface area contributed by atoms with Gasteiger partial charge in [-0.1, -0.05) is 37.3 Å². The highest BCUT2D eigenvalue weighted by atomic mass is 19.1. The Morgan fingerprint density at radius 3 is 2.43 bits per heavy atom. The Bertz CT molecular complexity index is 891. The van der Waals surface area contributed by atoms with E-state index in [1.165, 1.54) is 18.2 Å². The number of rotatable bonds is 8. The van der Waals surface area contributed by atoms with Crippen molar-refractivity contribution in [1.82, 2.24) is 4.90 Å². The monoisotopic (exact) mass is 383 g/mol. The van der Waals surface area contributed by atoms with E-state index in [1.807, 2.05) is 6.07 Å². The molecule has 3 aromatic rings. The topological polar surface area (TPSA) is 33.5 Å². The van der Waals surface area contributed by atoms with Gasteiger partial charge >= 0.3 is 0 Å². The highest BCUT2D eigenvalue weighted by Gasteiger charge is 2.21. The van der Waals surface area contributed by atoms with E-state index in [1.54, 1.807) is 54.5 Å². The van der Waals surface area contributed by atoms with Crippen molar-refractivity contribution in [3.8, 4) is 0 Å². The highest BCUT2D eigenvalue weighted by Crippen LogP contribution is 2.29. The maximum Gasteiger partial charge on any atom is 0.222 e. The van der Waals surface area contributed by atoms with Crippen LogP contribution in [0.3, 0.4) is 0 Å². The molecule has 0 saturated carbocycles. The Labute approximate surface area is 163 Å². The molecule has 3 rings (SSSR count). The van der Waals surface area contributed by atoms with Gasteiger partial charge in [0, 0.05) is 31.0 Å². The Morgan fingerprint density at radius 1 is 1.04 bits per heavy atom. The molecule has 28 heavy (non-hydrogen) atoms. The molecule has 2 aromatic carbocycles. The summed E-state index contributed by atoms with van der Waals surface area (Å²) in [7, 11) is 0. The summed E-state index contributed by atoms with van der Waals surface area (Å²) in [6.07, 6.45) is 2.52. The van der Waals surface area contributed by atoms with Crippen LogP contribution in [0, 0.1) is 11.6 Å². The number of hydrogen-bond donors (Lipinski definition) is 0. The van der Waals surface area contributed by atoms with Gasteiger partial charge in [0.25, 0.3) is 0 Å². The zero-order valence-electron chi connectivity index (χ0n) is 15.8. The van der Waals surface area contributed by atoms with Crippen LogP contribution in [0.5, 0.6) is 0 Å². The minimum Gasteiger partial charge on any atom is -0.469 e. The summed E-state index contributed by atoms with van der Waals surface area (Å²) in [5.74, 6) is -0.0351. The molecular formula is C23H23F2NO2. The smallest absolute Gasteiger partial charge is 0.222 e. The van der Waals surface area contributed by atoms with Crippen LogP contribution in [0.4, 0.5) is 8.78 Å². The van der Waals surface area contributed by atoms with Crippen molar-refractivity contribution < 1.29 is 18.0 Å². The summed E-state index contributed by atoms with van der Waals surface area (Å²) in [6, 6.07) is 16.4. The molecule has 0 spiro atoms. The number of halogens is 2. The number of benzene rings is 2. The lowest BCUT2D eigenvalue weighted by atomic mass is 9.93. The molecule has 0 bridgehead atoms. The molecule has 0 aliphatic carbocycles. The van der Waals surface area contributed by atoms with Crippen LogP contribution < -0.4 is 0 Å². The normalized spacial score (nSPS) is 12.0. The van der Waals surface area contributed by atoms with E-state index in [-0.39, 0.29) is 30.0 Å². The molecular weight excluding hydrogens is 360 g/mol. The first-order valence-corrected chi connectivity index (χ1v) is 9.38. The van der Waals surface area contributed by atoms with Gasteiger partial charge in [-0.3, -0.25) is 4.79 Å². The maximum atomic E-state index is 14.1. The molecule has 1 heterocycles. The summed E-state index contributed by atoms with van der Waals surface area (Å²) in [5.41, 5.74) is 1.40. The zero-order valence-corrected chi connectivity index (χ0v) is 15.8. The Kier molecular flexibility index (Phi) is 6.58. The van der Waals surface area contributed by atoms with E-state index in [0.29, 0.717) is 24.9 Å². The third-order valence-corrected chi connectivity index (χ3v) is 4.82. The summed E-state index contributed by atoms with van der Waals surface area (Å²) in [4.78, 5) is 14.1. The van der Waals surface area contributed by atoms with Crippen LogP contribution in [-0.4, -0.2) is 17.4 Å². The third kappa shape index (κ3) is 4.85. The van der Waals surface area contributed by atoms with Gasteiger partial charge in [0.15, 0.2) is 0 Å². The van der Waals surface area contributed by atoms with E-state index in [4.69, 9.17) is 4.42 Å². The summed E-state index contributed by atoms with van der Waals surface area (Å²) < 4.78 is 33.0. The van der Waals surface area contributed by atoms with Gasteiger partial charge < -0.3 is 9.32 Å². The predicted molar refractivity (Wildman–Crippen MR) is 104 cm³/mol.